The van der Waals surface area contributed by atoms with Crippen LogP contribution in [0.4, 0.5) is 0 Å². The zero-order chi connectivity index (χ0) is 14.9. The minimum atomic E-state index is -0.148. The Morgan fingerprint density at radius 2 is 2.33 bits per heavy atom. The summed E-state index contributed by atoms with van der Waals surface area (Å²) in [6.07, 6.45) is 8.35. The number of fused-ring (bicyclic) bond motifs is 1. The van der Waals surface area contributed by atoms with Gasteiger partial charge in [0.1, 0.15) is 5.65 Å². The fourth-order valence-corrected chi connectivity index (χ4v) is 3.57. The van der Waals surface area contributed by atoms with Gasteiger partial charge in [-0.1, -0.05) is 31.4 Å². The van der Waals surface area contributed by atoms with Crippen molar-refractivity contribution in [2.45, 2.75) is 44.7 Å². The predicted molar refractivity (Wildman–Crippen MR) is 84.5 cm³/mol. The van der Waals surface area contributed by atoms with E-state index in [4.69, 9.17) is 11.6 Å². The van der Waals surface area contributed by atoms with Crippen molar-refractivity contribution in [1.29, 1.82) is 0 Å². The lowest BCUT2D eigenvalue weighted by molar-refractivity contribution is 0.0979. The van der Waals surface area contributed by atoms with Crippen LogP contribution in [0.1, 0.15) is 38.3 Å². The molecule has 2 aromatic heterocycles. The third-order valence-electron chi connectivity index (χ3n) is 4.50. The van der Waals surface area contributed by atoms with Crippen LogP contribution in [0, 0.1) is 5.92 Å². The summed E-state index contributed by atoms with van der Waals surface area (Å²) < 4.78 is 1.94. The third-order valence-corrected chi connectivity index (χ3v) is 4.73. The van der Waals surface area contributed by atoms with Crippen molar-refractivity contribution in [3.05, 3.63) is 35.2 Å². The van der Waals surface area contributed by atoms with E-state index in [0.717, 1.165) is 24.2 Å². The second kappa shape index (κ2) is 5.95. The molecule has 2 N–H and O–H groups in total. The highest BCUT2D eigenvalue weighted by molar-refractivity contribution is 6.30. The third kappa shape index (κ3) is 3.23. The fraction of sp³-hybridized carbons (Fsp3) is 0.562. The van der Waals surface area contributed by atoms with Crippen molar-refractivity contribution in [3.63, 3.8) is 0 Å². The summed E-state index contributed by atoms with van der Waals surface area (Å²) in [6.45, 7) is 3.13. The molecule has 0 spiro atoms. The van der Waals surface area contributed by atoms with E-state index in [1.54, 1.807) is 0 Å². The lowest BCUT2D eigenvalue weighted by Crippen LogP contribution is -2.51. The average molecular weight is 308 g/mol. The van der Waals surface area contributed by atoms with Gasteiger partial charge in [0.2, 0.25) is 0 Å². The molecule has 3 rings (SSSR count). The molecule has 114 valence electrons. The molecule has 0 aliphatic heterocycles. The van der Waals surface area contributed by atoms with Gasteiger partial charge < -0.3 is 14.8 Å². The van der Waals surface area contributed by atoms with Crippen LogP contribution in [-0.2, 0) is 6.54 Å². The summed E-state index contributed by atoms with van der Waals surface area (Å²) in [5.74, 6) is 0.665. The van der Waals surface area contributed by atoms with Gasteiger partial charge in [-0.25, -0.2) is 4.98 Å². The first-order valence-electron chi connectivity index (χ1n) is 7.59. The highest BCUT2D eigenvalue weighted by Crippen LogP contribution is 2.32. The molecule has 5 heteroatoms. The van der Waals surface area contributed by atoms with E-state index in [1.165, 1.54) is 12.8 Å². The SMILES string of the molecule is CC1CCCC(CO)(NCc2cn3cc(Cl)ccc3n2)C1. The topological polar surface area (TPSA) is 49.6 Å². The fourth-order valence-electron chi connectivity index (χ4n) is 3.40. The van der Waals surface area contributed by atoms with Gasteiger partial charge in [0, 0.05) is 24.5 Å². The molecule has 0 aromatic carbocycles. The molecule has 21 heavy (non-hydrogen) atoms. The first-order chi connectivity index (χ1) is 10.1. The molecule has 0 saturated heterocycles. The van der Waals surface area contributed by atoms with Crippen molar-refractivity contribution in [2.24, 2.45) is 5.92 Å². The van der Waals surface area contributed by atoms with Gasteiger partial charge >= 0.3 is 0 Å². The van der Waals surface area contributed by atoms with E-state index in [1.807, 2.05) is 28.9 Å². The number of imidazole rings is 1. The van der Waals surface area contributed by atoms with Gasteiger partial charge in [0.25, 0.3) is 0 Å². The van der Waals surface area contributed by atoms with Gasteiger partial charge in [-0.3, -0.25) is 0 Å². The van der Waals surface area contributed by atoms with Crippen LogP contribution >= 0.6 is 11.6 Å². The van der Waals surface area contributed by atoms with Gasteiger partial charge in [0.15, 0.2) is 0 Å². The molecule has 0 bridgehead atoms. The lowest BCUT2D eigenvalue weighted by atomic mass is 9.77. The van der Waals surface area contributed by atoms with Crippen molar-refractivity contribution >= 4 is 17.2 Å². The Balaban J connectivity index is 1.72. The van der Waals surface area contributed by atoms with Crippen LogP contribution in [0.2, 0.25) is 5.02 Å². The first-order valence-corrected chi connectivity index (χ1v) is 7.97. The van der Waals surface area contributed by atoms with E-state index in [2.05, 4.69) is 17.2 Å². The maximum atomic E-state index is 9.81. The number of hydrogen-bond donors (Lipinski definition) is 2. The van der Waals surface area contributed by atoms with E-state index in [9.17, 15) is 5.11 Å². The van der Waals surface area contributed by atoms with Crippen molar-refractivity contribution in [1.82, 2.24) is 14.7 Å². The smallest absolute Gasteiger partial charge is 0.137 e. The van der Waals surface area contributed by atoms with Gasteiger partial charge in [-0.2, -0.15) is 0 Å². The Morgan fingerprint density at radius 3 is 3.10 bits per heavy atom. The molecule has 1 aliphatic carbocycles. The van der Waals surface area contributed by atoms with Crippen LogP contribution in [0.3, 0.4) is 0 Å². The number of aliphatic hydroxyl groups excluding tert-OH is 1. The Hall–Kier alpha value is -1.10. The quantitative estimate of drug-likeness (QED) is 0.913. The molecule has 1 saturated carbocycles. The summed E-state index contributed by atoms with van der Waals surface area (Å²) in [6, 6.07) is 3.76. The number of hydrogen-bond acceptors (Lipinski definition) is 3. The average Bonchev–Trinajstić information content (AvgIpc) is 2.87. The van der Waals surface area contributed by atoms with E-state index < -0.39 is 0 Å². The molecule has 2 heterocycles. The van der Waals surface area contributed by atoms with E-state index in [0.29, 0.717) is 17.5 Å². The Morgan fingerprint density at radius 1 is 1.48 bits per heavy atom. The summed E-state index contributed by atoms with van der Waals surface area (Å²) in [7, 11) is 0. The van der Waals surface area contributed by atoms with Gasteiger partial charge in [-0.15, -0.1) is 0 Å². The number of nitrogens with one attached hydrogen (secondary N) is 1. The van der Waals surface area contributed by atoms with E-state index in [-0.39, 0.29) is 12.1 Å². The number of aliphatic hydroxyl groups is 1. The standard InChI is InChI=1S/C16H22ClN3O/c1-12-3-2-6-16(7-12,11-21)18-8-14-10-20-9-13(17)4-5-15(20)19-14/h4-5,9-10,12,18,21H,2-3,6-8,11H2,1H3. The largest absolute Gasteiger partial charge is 0.394 e. The Bertz CT molecular complexity index is 627. The maximum Gasteiger partial charge on any atom is 0.137 e. The van der Waals surface area contributed by atoms with Crippen LogP contribution < -0.4 is 5.32 Å². The molecular formula is C16H22ClN3O. The number of rotatable bonds is 4. The first kappa shape index (κ1) is 14.8. The second-order valence-electron chi connectivity index (χ2n) is 6.34. The lowest BCUT2D eigenvalue weighted by Gasteiger charge is -2.39. The van der Waals surface area contributed by atoms with Gasteiger partial charge in [0.05, 0.1) is 17.3 Å². The maximum absolute atomic E-state index is 9.81. The molecule has 4 nitrogen and oxygen atoms in total. The number of pyridine rings is 1. The van der Waals surface area contributed by atoms with E-state index >= 15 is 0 Å². The summed E-state index contributed by atoms with van der Waals surface area (Å²) in [5, 5.41) is 14.1. The van der Waals surface area contributed by atoms with Gasteiger partial charge in [-0.05, 0) is 30.9 Å². The van der Waals surface area contributed by atoms with Crippen molar-refractivity contribution in [2.75, 3.05) is 6.61 Å². The zero-order valence-corrected chi connectivity index (χ0v) is 13.1. The molecule has 1 fully saturated rings. The van der Waals surface area contributed by atoms with Crippen LogP contribution in [-0.4, -0.2) is 26.6 Å². The monoisotopic (exact) mass is 307 g/mol. The highest BCUT2D eigenvalue weighted by atomic mass is 35.5. The zero-order valence-electron chi connectivity index (χ0n) is 12.3. The summed E-state index contributed by atoms with van der Waals surface area (Å²) in [4.78, 5) is 4.58. The number of aromatic nitrogens is 2. The minimum Gasteiger partial charge on any atom is -0.394 e. The van der Waals surface area contributed by atoms with Crippen LogP contribution in [0.15, 0.2) is 24.5 Å². The number of nitrogens with zero attached hydrogens (tertiary/aromatic N) is 2. The normalized spacial score (nSPS) is 26.3. The van der Waals surface area contributed by atoms with Crippen molar-refractivity contribution < 1.29 is 5.11 Å². The van der Waals surface area contributed by atoms with Crippen LogP contribution in [0.25, 0.3) is 5.65 Å². The second-order valence-corrected chi connectivity index (χ2v) is 6.77. The molecule has 0 amide bonds. The highest BCUT2D eigenvalue weighted by Gasteiger charge is 2.33. The summed E-state index contributed by atoms with van der Waals surface area (Å²) >= 11 is 5.99. The Kier molecular flexibility index (Phi) is 4.20. The summed E-state index contributed by atoms with van der Waals surface area (Å²) in [5.41, 5.74) is 1.72. The minimum absolute atomic E-state index is 0.148. The molecule has 2 unspecified atom stereocenters. The molecule has 2 aromatic rings. The molecule has 0 radical (unpaired) electrons. The molecule has 2 atom stereocenters. The van der Waals surface area contributed by atoms with Crippen LogP contribution in [0.5, 0.6) is 0 Å². The predicted octanol–water partition coefficient (Wildman–Crippen LogP) is 3.02. The molecule has 1 aliphatic rings. The molecular weight excluding hydrogens is 286 g/mol. The Labute approximate surface area is 130 Å². The van der Waals surface area contributed by atoms with Crippen molar-refractivity contribution in [3.8, 4) is 0 Å². The number of halogens is 1.